The predicted molar refractivity (Wildman–Crippen MR) is 137 cm³/mol. The van der Waals surface area contributed by atoms with Crippen LogP contribution in [0.25, 0.3) is 0 Å². The summed E-state index contributed by atoms with van der Waals surface area (Å²) in [5.74, 6) is 0. The van der Waals surface area contributed by atoms with Crippen LogP contribution >= 0.6 is 58.2 Å². The van der Waals surface area contributed by atoms with Crippen LogP contribution in [0.2, 0.25) is 20.1 Å². The second-order valence-electron chi connectivity index (χ2n) is 7.12. The van der Waals surface area contributed by atoms with E-state index in [0.717, 1.165) is 11.1 Å². The van der Waals surface area contributed by atoms with Gasteiger partial charge in [-0.3, -0.25) is 0 Å². The van der Waals surface area contributed by atoms with E-state index in [9.17, 15) is 0 Å². The molecule has 0 aliphatic carbocycles. The zero-order chi connectivity index (χ0) is 21.8. The van der Waals surface area contributed by atoms with Crippen LogP contribution in [-0.2, 0) is 0 Å². The standard InChI is InChI=1S/C26H18Cl4S/c27-21-11-19(12-22(28)15-21)25(17-7-3-1-4-8-17)31-26(18-9-5-2-6-10-18)20-13-23(29)16-24(30)14-20/h1-16,25-26H. The Balaban J connectivity index is 1.84. The van der Waals surface area contributed by atoms with Crippen molar-refractivity contribution in [2.75, 3.05) is 0 Å². The van der Waals surface area contributed by atoms with Crippen LogP contribution in [0, 0.1) is 0 Å². The normalized spacial score (nSPS) is 13.0. The molecule has 4 aromatic carbocycles. The van der Waals surface area contributed by atoms with Crippen molar-refractivity contribution in [2.45, 2.75) is 10.5 Å². The van der Waals surface area contributed by atoms with Crippen molar-refractivity contribution < 1.29 is 0 Å². The zero-order valence-corrected chi connectivity index (χ0v) is 20.2. The van der Waals surface area contributed by atoms with Gasteiger partial charge in [0.15, 0.2) is 0 Å². The van der Waals surface area contributed by atoms with E-state index in [1.54, 1.807) is 23.9 Å². The van der Waals surface area contributed by atoms with Crippen LogP contribution in [0.5, 0.6) is 0 Å². The maximum Gasteiger partial charge on any atom is 0.0557 e. The molecule has 31 heavy (non-hydrogen) atoms. The summed E-state index contributed by atoms with van der Waals surface area (Å²) in [6.07, 6.45) is 0. The minimum atomic E-state index is 0.000336. The fourth-order valence-corrected chi connectivity index (χ4v) is 6.12. The van der Waals surface area contributed by atoms with Gasteiger partial charge in [0, 0.05) is 20.1 Å². The van der Waals surface area contributed by atoms with Crippen molar-refractivity contribution >= 4 is 58.2 Å². The summed E-state index contributed by atoms with van der Waals surface area (Å²) in [4.78, 5) is 0. The van der Waals surface area contributed by atoms with Crippen molar-refractivity contribution in [1.82, 2.24) is 0 Å². The molecule has 156 valence electrons. The monoisotopic (exact) mass is 502 g/mol. The first-order valence-electron chi connectivity index (χ1n) is 9.67. The smallest absolute Gasteiger partial charge is 0.0557 e. The van der Waals surface area contributed by atoms with E-state index < -0.39 is 0 Å². The zero-order valence-electron chi connectivity index (χ0n) is 16.3. The average Bonchev–Trinajstić information content (AvgIpc) is 2.74. The van der Waals surface area contributed by atoms with Gasteiger partial charge in [0.1, 0.15) is 0 Å². The highest BCUT2D eigenvalue weighted by molar-refractivity contribution is 8.00. The first kappa shape index (κ1) is 22.6. The SMILES string of the molecule is Clc1cc(Cl)cc(C(SC(c2ccccc2)c2cc(Cl)cc(Cl)c2)c2ccccc2)c1. The molecule has 4 aromatic rings. The van der Waals surface area contributed by atoms with E-state index in [-0.39, 0.29) is 10.5 Å². The Morgan fingerprint density at radius 2 is 0.742 bits per heavy atom. The Hall–Kier alpha value is -1.61. The number of rotatable bonds is 6. The van der Waals surface area contributed by atoms with Gasteiger partial charge >= 0.3 is 0 Å². The summed E-state index contributed by atoms with van der Waals surface area (Å²) < 4.78 is 0. The summed E-state index contributed by atoms with van der Waals surface area (Å²) in [6.45, 7) is 0. The number of hydrogen-bond acceptors (Lipinski definition) is 1. The van der Waals surface area contributed by atoms with Gasteiger partial charge in [-0.1, -0.05) is 107 Å². The molecule has 4 rings (SSSR count). The molecule has 0 saturated carbocycles. The van der Waals surface area contributed by atoms with E-state index in [1.165, 1.54) is 11.1 Å². The third kappa shape index (κ3) is 5.80. The second-order valence-corrected chi connectivity index (χ2v) is 10.1. The fourth-order valence-electron chi connectivity index (χ4n) is 3.54. The molecule has 0 aliphatic heterocycles. The molecule has 2 atom stereocenters. The summed E-state index contributed by atoms with van der Waals surface area (Å²) in [5.41, 5.74) is 4.42. The molecule has 0 heterocycles. The van der Waals surface area contributed by atoms with Crippen LogP contribution in [0.15, 0.2) is 97.1 Å². The maximum atomic E-state index is 6.37. The molecular weight excluding hydrogens is 486 g/mol. The van der Waals surface area contributed by atoms with Crippen molar-refractivity contribution in [3.63, 3.8) is 0 Å². The number of thioether (sulfide) groups is 1. The molecule has 0 bridgehead atoms. The lowest BCUT2D eigenvalue weighted by Crippen LogP contribution is -2.04. The molecule has 0 saturated heterocycles. The Morgan fingerprint density at radius 1 is 0.419 bits per heavy atom. The molecule has 0 radical (unpaired) electrons. The first-order chi connectivity index (χ1) is 15.0. The Kier molecular flexibility index (Phi) is 7.53. The molecule has 0 N–H and O–H groups in total. The Morgan fingerprint density at radius 3 is 1.06 bits per heavy atom. The lowest BCUT2D eigenvalue weighted by Gasteiger charge is -2.26. The second kappa shape index (κ2) is 10.3. The van der Waals surface area contributed by atoms with Gasteiger partial charge in [0.25, 0.3) is 0 Å². The minimum absolute atomic E-state index is 0.000336. The van der Waals surface area contributed by atoms with E-state index >= 15 is 0 Å². The molecule has 0 aromatic heterocycles. The molecule has 0 nitrogen and oxygen atoms in total. The van der Waals surface area contributed by atoms with Gasteiger partial charge in [0.2, 0.25) is 0 Å². The lowest BCUT2D eigenvalue weighted by molar-refractivity contribution is 1.10. The molecule has 0 fully saturated rings. The van der Waals surface area contributed by atoms with Crippen molar-refractivity contribution in [2.24, 2.45) is 0 Å². The Labute approximate surface area is 207 Å². The molecule has 0 aliphatic rings. The van der Waals surface area contributed by atoms with Gasteiger partial charge in [-0.05, 0) is 58.7 Å². The van der Waals surface area contributed by atoms with E-state index in [4.69, 9.17) is 46.4 Å². The fraction of sp³-hybridized carbons (Fsp3) is 0.0769. The van der Waals surface area contributed by atoms with Gasteiger partial charge in [-0.25, -0.2) is 0 Å². The van der Waals surface area contributed by atoms with Gasteiger partial charge < -0.3 is 0 Å². The maximum absolute atomic E-state index is 6.37. The molecule has 0 amide bonds. The van der Waals surface area contributed by atoms with Crippen LogP contribution < -0.4 is 0 Å². The highest BCUT2D eigenvalue weighted by Crippen LogP contribution is 2.49. The summed E-state index contributed by atoms with van der Waals surface area (Å²) in [5, 5.41) is 2.47. The van der Waals surface area contributed by atoms with Crippen molar-refractivity contribution in [3.05, 3.63) is 139 Å². The molecule has 5 heteroatoms. The van der Waals surface area contributed by atoms with E-state index in [2.05, 4.69) is 24.3 Å². The third-order valence-electron chi connectivity index (χ3n) is 4.85. The minimum Gasteiger partial charge on any atom is -0.136 e. The van der Waals surface area contributed by atoms with Crippen LogP contribution in [0.3, 0.4) is 0 Å². The highest BCUT2D eigenvalue weighted by atomic mass is 35.5. The van der Waals surface area contributed by atoms with Crippen molar-refractivity contribution in [1.29, 1.82) is 0 Å². The van der Waals surface area contributed by atoms with Gasteiger partial charge in [-0.2, -0.15) is 0 Å². The molecular formula is C26H18Cl4S. The largest absolute Gasteiger partial charge is 0.136 e. The summed E-state index contributed by atoms with van der Waals surface area (Å²) in [6, 6.07) is 32.1. The molecule has 0 spiro atoms. The first-order valence-corrected chi connectivity index (χ1v) is 12.1. The van der Waals surface area contributed by atoms with E-state index in [0.29, 0.717) is 20.1 Å². The number of halogens is 4. The van der Waals surface area contributed by atoms with Gasteiger partial charge in [0.05, 0.1) is 10.5 Å². The van der Waals surface area contributed by atoms with Crippen molar-refractivity contribution in [3.8, 4) is 0 Å². The van der Waals surface area contributed by atoms with Crippen LogP contribution in [-0.4, -0.2) is 0 Å². The Bertz CT molecular complexity index is 1030. The number of hydrogen-bond donors (Lipinski definition) is 0. The summed E-state index contributed by atoms with van der Waals surface area (Å²) in [7, 11) is 0. The average molecular weight is 504 g/mol. The number of benzene rings is 4. The molecule has 2 unspecified atom stereocenters. The predicted octanol–water partition coefficient (Wildman–Crippen LogP) is 9.91. The quantitative estimate of drug-likeness (QED) is 0.252. The summed E-state index contributed by atoms with van der Waals surface area (Å²) >= 11 is 27.3. The van der Waals surface area contributed by atoms with Gasteiger partial charge in [-0.15, -0.1) is 11.8 Å². The van der Waals surface area contributed by atoms with E-state index in [1.807, 2.05) is 60.7 Å². The highest BCUT2D eigenvalue weighted by Gasteiger charge is 2.24. The third-order valence-corrected chi connectivity index (χ3v) is 7.36. The van der Waals surface area contributed by atoms with Crippen LogP contribution in [0.1, 0.15) is 32.8 Å². The lowest BCUT2D eigenvalue weighted by atomic mass is 10.0. The topological polar surface area (TPSA) is 0 Å². The van der Waals surface area contributed by atoms with Crippen LogP contribution in [0.4, 0.5) is 0 Å².